The summed E-state index contributed by atoms with van der Waals surface area (Å²) in [5.74, 6) is -1.03. The smallest absolute Gasteiger partial charge is 0.258 e. The van der Waals surface area contributed by atoms with Crippen LogP contribution in [0.25, 0.3) is 0 Å². The summed E-state index contributed by atoms with van der Waals surface area (Å²) in [7, 11) is 2.99. The Morgan fingerprint density at radius 2 is 1.67 bits per heavy atom. The second-order valence-corrected chi connectivity index (χ2v) is 6.49. The Kier molecular flexibility index (Phi) is 2.86. The van der Waals surface area contributed by atoms with Gasteiger partial charge >= 0.3 is 0 Å². The summed E-state index contributed by atoms with van der Waals surface area (Å²) in [5, 5.41) is 0. The number of hydrogen-bond acceptors (Lipinski definition) is 5. The molecule has 0 aliphatic carbocycles. The van der Waals surface area contributed by atoms with Crippen molar-refractivity contribution in [2.75, 3.05) is 14.1 Å². The third kappa shape index (κ3) is 1.47. The molecule has 2 heterocycles. The lowest BCUT2D eigenvalue weighted by Gasteiger charge is -2.21. The first-order valence-electron chi connectivity index (χ1n) is 5.26. The van der Waals surface area contributed by atoms with Crippen molar-refractivity contribution < 1.29 is 14.4 Å². The predicted octanol–water partition coefficient (Wildman–Crippen LogP) is 0.550. The number of rotatable bonds is 1. The van der Waals surface area contributed by atoms with Gasteiger partial charge in [-0.05, 0) is 13.8 Å². The second kappa shape index (κ2) is 3.89. The average molecular weight is 284 g/mol. The van der Waals surface area contributed by atoms with Crippen molar-refractivity contribution >= 4 is 46.0 Å². The van der Waals surface area contributed by atoms with Crippen LogP contribution >= 0.6 is 24.0 Å². The van der Waals surface area contributed by atoms with Crippen molar-refractivity contribution in [3.05, 3.63) is 11.1 Å². The van der Waals surface area contributed by atoms with E-state index in [1.54, 1.807) is 20.9 Å². The highest BCUT2D eigenvalue weighted by molar-refractivity contribution is 8.25. The maximum atomic E-state index is 12.2. The highest BCUT2D eigenvalue weighted by Crippen LogP contribution is 2.45. The van der Waals surface area contributed by atoms with Crippen LogP contribution in [-0.2, 0) is 14.4 Å². The third-order valence-electron chi connectivity index (χ3n) is 3.27. The number of imide groups is 1. The van der Waals surface area contributed by atoms with Crippen LogP contribution in [0.15, 0.2) is 11.1 Å². The number of nitrogens with zero attached hydrogens (tertiary/aromatic N) is 2. The van der Waals surface area contributed by atoms with E-state index >= 15 is 0 Å². The molecule has 7 heteroatoms. The van der Waals surface area contributed by atoms with Crippen LogP contribution in [0.5, 0.6) is 0 Å². The van der Waals surface area contributed by atoms with Crippen LogP contribution in [0.4, 0.5) is 0 Å². The fourth-order valence-electron chi connectivity index (χ4n) is 2.19. The number of carbonyl (C=O) groups excluding carboxylic acids is 3. The van der Waals surface area contributed by atoms with Gasteiger partial charge in [-0.3, -0.25) is 24.2 Å². The molecule has 5 nitrogen and oxygen atoms in total. The van der Waals surface area contributed by atoms with Gasteiger partial charge in [0.05, 0.1) is 5.57 Å². The molecule has 0 radical (unpaired) electrons. The maximum Gasteiger partial charge on any atom is 0.258 e. The van der Waals surface area contributed by atoms with Crippen LogP contribution in [0.1, 0.15) is 13.8 Å². The zero-order chi connectivity index (χ0) is 13.8. The van der Waals surface area contributed by atoms with Gasteiger partial charge in [-0.15, -0.1) is 0 Å². The largest absolute Gasteiger partial charge is 0.299 e. The van der Waals surface area contributed by atoms with E-state index in [-0.39, 0.29) is 17.4 Å². The Morgan fingerprint density at radius 1 is 1.11 bits per heavy atom. The number of carbonyl (C=O) groups is 3. The summed E-state index contributed by atoms with van der Waals surface area (Å²) in [5.41, 5.74) is 0.570. The molecule has 0 aromatic carbocycles. The minimum atomic E-state index is -1.09. The van der Waals surface area contributed by atoms with Gasteiger partial charge < -0.3 is 0 Å². The Hall–Kier alpha value is -1.21. The summed E-state index contributed by atoms with van der Waals surface area (Å²) in [6.07, 6.45) is 0. The minimum absolute atomic E-state index is 0.247. The summed E-state index contributed by atoms with van der Waals surface area (Å²) >= 11 is 6.22. The van der Waals surface area contributed by atoms with Crippen molar-refractivity contribution in [3.63, 3.8) is 0 Å². The van der Waals surface area contributed by atoms with E-state index in [0.29, 0.717) is 9.89 Å². The molecule has 3 amide bonds. The van der Waals surface area contributed by atoms with Crippen molar-refractivity contribution in [1.82, 2.24) is 9.80 Å². The molecule has 0 aromatic rings. The van der Waals surface area contributed by atoms with Gasteiger partial charge in [0.2, 0.25) is 5.91 Å². The first-order valence-corrected chi connectivity index (χ1v) is 6.49. The van der Waals surface area contributed by atoms with Gasteiger partial charge in [-0.2, -0.15) is 0 Å². The maximum absolute atomic E-state index is 12.2. The van der Waals surface area contributed by atoms with E-state index in [4.69, 9.17) is 12.2 Å². The molecule has 96 valence electrons. The number of likely N-dealkylation sites (N-methyl/N-ethyl adjacent to an activating group) is 1. The molecule has 1 fully saturated rings. The molecule has 1 unspecified atom stereocenters. The van der Waals surface area contributed by atoms with E-state index < -0.39 is 10.7 Å². The number of hydrogen-bond donors (Lipinski definition) is 0. The number of amides is 3. The quantitative estimate of drug-likeness (QED) is 0.520. The Morgan fingerprint density at radius 3 is 2.00 bits per heavy atom. The first kappa shape index (κ1) is 13.2. The molecule has 2 aliphatic rings. The van der Waals surface area contributed by atoms with Crippen molar-refractivity contribution in [2.24, 2.45) is 0 Å². The fourth-order valence-corrected chi connectivity index (χ4v) is 3.91. The van der Waals surface area contributed by atoms with Crippen LogP contribution in [0.3, 0.4) is 0 Å². The van der Waals surface area contributed by atoms with Crippen LogP contribution in [0.2, 0.25) is 0 Å². The molecule has 1 atom stereocenters. The molecule has 0 saturated carbocycles. The summed E-state index contributed by atoms with van der Waals surface area (Å²) in [4.78, 5) is 38.5. The highest BCUT2D eigenvalue weighted by atomic mass is 32.2. The van der Waals surface area contributed by atoms with Gasteiger partial charge in [-0.25, -0.2) is 0 Å². The third-order valence-corrected chi connectivity index (χ3v) is 5.03. The molecule has 1 saturated heterocycles. The van der Waals surface area contributed by atoms with Gasteiger partial charge in [0.25, 0.3) is 11.8 Å². The SMILES string of the molecule is CC1=C(C2(C)SC(=S)N(C)C2=O)C(=O)N(C)C1=O. The Bertz CT molecular complexity index is 540. The Balaban J connectivity index is 2.57. The van der Waals surface area contributed by atoms with E-state index in [1.165, 1.54) is 11.9 Å². The average Bonchev–Trinajstić information content (AvgIpc) is 2.62. The van der Waals surface area contributed by atoms with Gasteiger partial charge in [0, 0.05) is 19.7 Å². The molecule has 2 rings (SSSR count). The second-order valence-electron chi connectivity index (χ2n) is 4.43. The van der Waals surface area contributed by atoms with Crippen LogP contribution in [0, 0.1) is 0 Å². The summed E-state index contributed by atoms with van der Waals surface area (Å²) in [6, 6.07) is 0. The summed E-state index contributed by atoms with van der Waals surface area (Å²) in [6.45, 7) is 3.21. The van der Waals surface area contributed by atoms with Crippen LogP contribution in [-0.4, -0.2) is 50.7 Å². The minimum Gasteiger partial charge on any atom is -0.299 e. The molecule has 0 N–H and O–H groups in total. The van der Waals surface area contributed by atoms with Gasteiger partial charge in [-0.1, -0.05) is 24.0 Å². The molecule has 0 aromatic heterocycles. The molecular formula is C11H12N2O3S2. The molecule has 0 bridgehead atoms. The van der Waals surface area contributed by atoms with Gasteiger partial charge in [0.15, 0.2) is 0 Å². The lowest BCUT2D eigenvalue weighted by atomic mass is 9.95. The van der Waals surface area contributed by atoms with Gasteiger partial charge in [0.1, 0.15) is 9.07 Å². The van der Waals surface area contributed by atoms with Crippen molar-refractivity contribution in [2.45, 2.75) is 18.6 Å². The van der Waals surface area contributed by atoms with Crippen molar-refractivity contribution in [3.8, 4) is 0 Å². The molecule has 2 aliphatic heterocycles. The zero-order valence-corrected chi connectivity index (χ0v) is 12.1. The molecule has 18 heavy (non-hydrogen) atoms. The monoisotopic (exact) mass is 284 g/mol. The number of thiocarbonyl (C=S) groups is 1. The normalized spacial score (nSPS) is 29.1. The standard InChI is InChI=1S/C11H12N2O3S2/c1-5-6(8(15)12(3)7(5)14)11(2)9(16)13(4)10(17)18-11/h1-4H3. The Labute approximate surface area is 114 Å². The van der Waals surface area contributed by atoms with E-state index in [1.807, 2.05) is 0 Å². The first-order chi connectivity index (χ1) is 8.21. The van der Waals surface area contributed by atoms with Crippen molar-refractivity contribution in [1.29, 1.82) is 0 Å². The lowest BCUT2D eigenvalue weighted by Crippen LogP contribution is -2.40. The topological polar surface area (TPSA) is 57.7 Å². The predicted molar refractivity (Wildman–Crippen MR) is 71.8 cm³/mol. The van der Waals surface area contributed by atoms with E-state index in [9.17, 15) is 14.4 Å². The molecule has 0 spiro atoms. The van der Waals surface area contributed by atoms with E-state index in [0.717, 1.165) is 16.7 Å². The molecular weight excluding hydrogens is 272 g/mol. The fraction of sp³-hybridized carbons (Fsp3) is 0.455. The highest BCUT2D eigenvalue weighted by Gasteiger charge is 2.54. The number of thioether (sulfide) groups is 1. The van der Waals surface area contributed by atoms with Crippen LogP contribution < -0.4 is 0 Å². The zero-order valence-electron chi connectivity index (χ0n) is 10.4. The summed E-state index contributed by atoms with van der Waals surface area (Å²) < 4.78 is -0.675. The van der Waals surface area contributed by atoms with E-state index in [2.05, 4.69) is 0 Å². The lowest BCUT2D eigenvalue weighted by molar-refractivity contribution is -0.137.